The van der Waals surface area contributed by atoms with Gasteiger partial charge in [0.05, 0.1) is 6.20 Å². The fraction of sp³-hybridized carbons (Fsp3) is 0.400. The minimum absolute atomic E-state index is 0.329. The Hall–Kier alpha value is -2.17. The summed E-state index contributed by atoms with van der Waals surface area (Å²) in [7, 11) is 0. The minimum atomic E-state index is 0.329. The third kappa shape index (κ3) is 3.66. The van der Waals surface area contributed by atoms with Gasteiger partial charge in [-0.15, -0.1) is 5.10 Å². The molecule has 0 saturated carbocycles. The number of anilines is 3. The Kier molecular flexibility index (Phi) is 4.87. The van der Waals surface area contributed by atoms with E-state index in [1.807, 2.05) is 18.2 Å². The summed E-state index contributed by atoms with van der Waals surface area (Å²) in [5.41, 5.74) is 2.31. The monoisotopic (exact) mass is 271 g/mol. The van der Waals surface area contributed by atoms with E-state index in [9.17, 15) is 0 Å². The summed E-state index contributed by atoms with van der Waals surface area (Å²) in [6.45, 7) is 6.34. The molecule has 1 heterocycles. The van der Waals surface area contributed by atoms with Crippen LogP contribution in [0.5, 0.6) is 0 Å². The van der Waals surface area contributed by atoms with Crippen molar-refractivity contribution in [2.75, 3.05) is 10.6 Å². The molecule has 1 atom stereocenters. The molecule has 2 N–H and O–H groups in total. The smallest absolute Gasteiger partial charge is 0.244 e. The van der Waals surface area contributed by atoms with Gasteiger partial charge in [0.15, 0.2) is 5.82 Å². The van der Waals surface area contributed by atoms with Gasteiger partial charge in [0.1, 0.15) is 0 Å². The predicted octanol–water partition coefficient (Wildman–Crippen LogP) is 3.39. The van der Waals surface area contributed by atoms with Crippen molar-refractivity contribution in [3.63, 3.8) is 0 Å². The van der Waals surface area contributed by atoms with E-state index >= 15 is 0 Å². The molecule has 106 valence electrons. The molecule has 2 aromatic rings. The molecule has 1 unspecified atom stereocenters. The Morgan fingerprint density at radius 3 is 2.75 bits per heavy atom. The molecule has 0 bridgehead atoms. The first-order valence-corrected chi connectivity index (χ1v) is 7.04. The number of nitrogens with zero attached hydrogens (tertiary/aromatic N) is 3. The van der Waals surface area contributed by atoms with Gasteiger partial charge in [0, 0.05) is 11.7 Å². The maximum Gasteiger partial charge on any atom is 0.244 e. The molecule has 0 fully saturated rings. The lowest BCUT2D eigenvalue weighted by molar-refractivity contribution is 0.746. The Balaban J connectivity index is 2.15. The normalized spacial score (nSPS) is 11.9. The van der Waals surface area contributed by atoms with Crippen molar-refractivity contribution >= 4 is 17.5 Å². The average Bonchev–Trinajstić information content (AvgIpc) is 2.48. The van der Waals surface area contributed by atoms with Crippen molar-refractivity contribution in [1.29, 1.82) is 0 Å². The van der Waals surface area contributed by atoms with Crippen LogP contribution < -0.4 is 10.6 Å². The van der Waals surface area contributed by atoms with Gasteiger partial charge in [-0.1, -0.05) is 32.0 Å². The first-order valence-electron chi connectivity index (χ1n) is 7.04. The standard InChI is InChI=1S/C15H21N5/c1-4-11(3)17-15-19-14(10-16-20-15)18-13-9-7-6-8-12(13)5-2/h6-11H,4-5H2,1-3H3,(H2,17,18,19,20). The molecular weight excluding hydrogens is 250 g/mol. The first-order chi connectivity index (χ1) is 9.72. The van der Waals surface area contributed by atoms with Crippen molar-refractivity contribution < 1.29 is 0 Å². The molecular formula is C15H21N5. The van der Waals surface area contributed by atoms with Gasteiger partial charge in [-0.25, -0.2) is 0 Å². The highest BCUT2D eigenvalue weighted by molar-refractivity contribution is 5.60. The van der Waals surface area contributed by atoms with Crippen LogP contribution in [0.25, 0.3) is 0 Å². The number of aromatic nitrogens is 3. The molecule has 0 saturated heterocycles. The van der Waals surface area contributed by atoms with Crippen LogP contribution in [0.2, 0.25) is 0 Å². The Labute approximate surface area is 119 Å². The van der Waals surface area contributed by atoms with Crippen molar-refractivity contribution in [2.24, 2.45) is 0 Å². The molecule has 0 amide bonds. The molecule has 0 radical (unpaired) electrons. The van der Waals surface area contributed by atoms with E-state index < -0.39 is 0 Å². The van der Waals surface area contributed by atoms with E-state index in [4.69, 9.17) is 0 Å². The zero-order valence-electron chi connectivity index (χ0n) is 12.2. The van der Waals surface area contributed by atoms with Crippen LogP contribution >= 0.6 is 0 Å². The lowest BCUT2D eigenvalue weighted by Crippen LogP contribution is -2.16. The SMILES string of the molecule is CCc1ccccc1Nc1cnnc(NC(C)CC)n1. The third-order valence-electron chi connectivity index (χ3n) is 3.21. The summed E-state index contributed by atoms with van der Waals surface area (Å²) in [5, 5.41) is 14.5. The van der Waals surface area contributed by atoms with Crippen LogP contribution in [-0.4, -0.2) is 21.2 Å². The number of rotatable bonds is 6. The van der Waals surface area contributed by atoms with Crippen molar-refractivity contribution in [2.45, 2.75) is 39.7 Å². The van der Waals surface area contributed by atoms with E-state index in [2.05, 4.69) is 52.7 Å². The van der Waals surface area contributed by atoms with Crippen LogP contribution in [0, 0.1) is 0 Å². The van der Waals surface area contributed by atoms with Gasteiger partial charge in [-0.2, -0.15) is 10.1 Å². The number of benzene rings is 1. The second-order valence-corrected chi connectivity index (χ2v) is 4.75. The zero-order valence-corrected chi connectivity index (χ0v) is 12.2. The van der Waals surface area contributed by atoms with Gasteiger partial charge in [0.2, 0.25) is 5.95 Å². The molecule has 1 aromatic carbocycles. The summed E-state index contributed by atoms with van der Waals surface area (Å²) in [4.78, 5) is 4.44. The third-order valence-corrected chi connectivity index (χ3v) is 3.21. The summed E-state index contributed by atoms with van der Waals surface area (Å²) in [6, 6.07) is 8.53. The van der Waals surface area contributed by atoms with E-state index in [1.165, 1.54) is 5.56 Å². The van der Waals surface area contributed by atoms with Gasteiger partial charge >= 0.3 is 0 Å². The highest BCUT2D eigenvalue weighted by atomic mass is 15.3. The highest BCUT2D eigenvalue weighted by Gasteiger charge is 2.05. The van der Waals surface area contributed by atoms with Crippen molar-refractivity contribution in [3.8, 4) is 0 Å². The van der Waals surface area contributed by atoms with Crippen molar-refractivity contribution in [1.82, 2.24) is 15.2 Å². The average molecular weight is 271 g/mol. The van der Waals surface area contributed by atoms with Gasteiger partial charge in [0.25, 0.3) is 0 Å². The van der Waals surface area contributed by atoms with E-state index in [0.717, 1.165) is 18.5 Å². The maximum absolute atomic E-state index is 4.44. The van der Waals surface area contributed by atoms with Crippen LogP contribution in [0.3, 0.4) is 0 Å². The quantitative estimate of drug-likeness (QED) is 0.843. The lowest BCUT2D eigenvalue weighted by Gasteiger charge is -2.13. The molecule has 5 nitrogen and oxygen atoms in total. The number of para-hydroxylation sites is 1. The molecule has 20 heavy (non-hydrogen) atoms. The predicted molar refractivity (Wildman–Crippen MR) is 82.3 cm³/mol. The molecule has 0 aliphatic heterocycles. The van der Waals surface area contributed by atoms with Crippen LogP contribution in [0.4, 0.5) is 17.5 Å². The lowest BCUT2D eigenvalue weighted by atomic mass is 10.1. The number of aryl methyl sites for hydroxylation is 1. The maximum atomic E-state index is 4.44. The second-order valence-electron chi connectivity index (χ2n) is 4.75. The molecule has 0 aliphatic carbocycles. The molecule has 0 spiro atoms. The highest BCUT2D eigenvalue weighted by Crippen LogP contribution is 2.19. The number of nitrogens with one attached hydrogen (secondary N) is 2. The summed E-state index contributed by atoms with van der Waals surface area (Å²) in [5.74, 6) is 1.25. The van der Waals surface area contributed by atoms with Crippen LogP contribution in [-0.2, 0) is 6.42 Å². The molecule has 5 heteroatoms. The Morgan fingerprint density at radius 2 is 2.00 bits per heavy atom. The Morgan fingerprint density at radius 1 is 1.20 bits per heavy atom. The van der Waals surface area contributed by atoms with Gasteiger partial charge in [-0.3, -0.25) is 0 Å². The first kappa shape index (κ1) is 14.2. The van der Waals surface area contributed by atoms with E-state index in [-0.39, 0.29) is 0 Å². The van der Waals surface area contributed by atoms with Crippen molar-refractivity contribution in [3.05, 3.63) is 36.0 Å². The fourth-order valence-electron chi connectivity index (χ4n) is 1.84. The van der Waals surface area contributed by atoms with E-state index in [0.29, 0.717) is 17.8 Å². The number of hydrogen-bond donors (Lipinski definition) is 2. The van der Waals surface area contributed by atoms with Gasteiger partial charge in [-0.05, 0) is 31.4 Å². The molecule has 0 aliphatic rings. The number of hydrogen-bond acceptors (Lipinski definition) is 5. The largest absolute Gasteiger partial charge is 0.350 e. The van der Waals surface area contributed by atoms with Gasteiger partial charge < -0.3 is 10.6 Å². The van der Waals surface area contributed by atoms with Crippen LogP contribution in [0.15, 0.2) is 30.5 Å². The zero-order chi connectivity index (χ0) is 14.4. The second kappa shape index (κ2) is 6.84. The Bertz CT molecular complexity index is 555. The topological polar surface area (TPSA) is 62.7 Å². The summed E-state index contributed by atoms with van der Waals surface area (Å²) < 4.78 is 0. The van der Waals surface area contributed by atoms with Crippen LogP contribution in [0.1, 0.15) is 32.8 Å². The summed E-state index contributed by atoms with van der Waals surface area (Å²) >= 11 is 0. The fourth-order valence-corrected chi connectivity index (χ4v) is 1.84. The van der Waals surface area contributed by atoms with E-state index in [1.54, 1.807) is 6.20 Å². The molecule has 1 aromatic heterocycles. The summed E-state index contributed by atoms with van der Waals surface area (Å²) in [6.07, 6.45) is 3.62. The minimum Gasteiger partial charge on any atom is -0.350 e. The molecule has 2 rings (SSSR count).